The fourth-order valence-corrected chi connectivity index (χ4v) is 2.82. The standard InChI is InChI=1S/C15H16F5NO2/c16-9-4-3-5-10(17)12(9)13(15(18,19)20)21-11(22)8-14(23)6-1-2-7-14/h3-5,13,23H,1-2,6-8H2,(H,21,22). The number of alkyl halides is 3. The number of halogens is 5. The van der Waals surface area contributed by atoms with Crippen LogP contribution in [0, 0.1) is 11.6 Å². The molecule has 0 spiro atoms. The highest BCUT2D eigenvalue weighted by molar-refractivity contribution is 5.77. The second-order valence-corrected chi connectivity index (χ2v) is 5.79. The zero-order valence-electron chi connectivity index (χ0n) is 12.1. The molecular weight excluding hydrogens is 321 g/mol. The zero-order chi connectivity index (χ0) is 17.3. The van der Waals surface area contributed by atoms with Crippen molar-refractivity contribution in [2.24, 2.45) is 0 Å². The molecule has 0 saturated heterocycles. The maximum atomic E-state index is 13.6. The molecule has 0 bridgehead atoms. The van der Waals surface area contributed by atoms with Crippen LogP contribution in [0.3, 0.4) is 0 Å². The number of amides is 1. The van der Waals surface area contributed by atoms with Crippen molar-refractivity contribution in [3.8, 4) is 0 Å². The van der Waals surface area contributed by atoms with Crippen LogP contribution in [0.15, 0.2) is 18.2 Å². The van der Waals surface area contributed by atoms with Gasteiger partial charge in [0.05, 0.1) is 17.6 Å². The molecule has 8 heteroatoms. The molecule has 1 saturated carbocycles. The van der Waals surface area contributed by atoms with E-state index in [-0.39, 0.29) is 0 Å². The summed E-state index contributed by atoms with van der Waals surface area (Å²) in [4.78, 5) is 11.8. The first kappa shape index (κ1) is 17.7. The van der Waals surface area contributed by atoms with Crippen molar-refractivity contribution < 1.29 is 31.9 Å². The molecule has 1 unspecified atom stereocenters. The van der Waals surface area contributed by atoms with E-state index in [4.69, 9.17) is 0 Å². The minimum Gasteiger partial charge on any atom is -0.389 e. The highest BCUT2D eigenvalue weighted by atomic mass is 19.4. The van der Waals surface area contributed by atoms with E-state index < -0.39 is 47.3 Å². The summed E-state index contributed by atoms with van der Waals surface area (Å²) in [5.74, 6) is -3.89. The number of hydrogen-bond donors (Lipinski definition) is 2. The number of rotatable bonds is 4. The highest BCUT2D eigenvalue weighted by Gasteiger charge is 2.45. The maximum Gasteiger partial charge on any atom is 0.413 e. The van der Waals surface area contributed by atoms with Gasteiger partial charge in [-0.25, -0.2) is 8.78 Å². The Balaban J connectivity index is 2.22. The molecule has 0 aliphatic heterocycles. The van der Waals surface area contributed by atoms with Crippen LogP contribution in [0.4, 0.5) is 22.0 Å². The van der Waals surface area contributed by atoms with Crippen molar-refractivity contribution >= 4 is 5.91 Å². The molecule has 1 aliphatic carbocycles. The van der Waals surface area contributed by atoms with Gasteiger partial charge in [-0.15, -0.1) is 0 Å². The quantitative estimate of drug-likeness (QED) is 0.828. The van der Waals surface area contributed by atoms with Crippen LogP contribution in [-0.2, 0) is 4.79 Å². The minimum absolute atomic E-state index is 0.311. The Morgan fingerprint density at radius 2 is 1.74 bits per heavy atom. The van der Waals surface area contributed by atoms with Crippen molar-refractivity contribution in [3.05, 3.63) is 35.4 Å². The van der Waals surface area contributed by atoms with Gasteiger partial charge in [0.25, 0.3) is 0 Å². The van der Waals surface area contributed by atoms with Crippen molar-refractivity contribution in [1.82, 2.24) is 5.32 Å². The van der Waals surface area contributed by atoms with Crippen LogP contribution in [-0.4, -0.2) is 22.8 Å². The van der Waals surface area contributed by atoms with Gasteiger partial charge in [-0.1, -0.05) is 18.9 Å². The lowest BCUT2D eigenvalue weighted by atomic mass is 9.97. The van der Waals surface area contributed by atoms with Gasteiger partial charge in [-0.05, 0) is 25.0 Å². The van der Waals surface area contributed by atoms with E-state index >= 15 is 0 Å². The summed E-state index contributed by atoms with van der Waals surface area (Å²) < 4.78 is 66.6. The first-order valence-corrected chi connectivity index (χ1v) is 7.15. The molecule has 128 valence electrons. The summed E-state index contributed by atoms with van der Waals surface area (Å²) in [5, 5.41) is 11.7. The molecule has 23 heavy (non-hydrogen) atoms. The van der Waals surface area contributed by atoms with E-state index in [1.807, 2.05) is 0 Å². The Bertz CT molecular complexity index is 561. The summed E-state index contributed by atoms with van der Waals surface area (Å²) >= 11 is 0. The number of carbonyl (C=O) groups is 1. The summed E-state index contributed by atoms with van der Waals surface area (Å²) in [6.45, 7) is 0. The second-order valence-electron chi connectivity index (χ2n) is 5.79. The largest absolute Gasteiger partial charge is 0.413 e. The van der Waals surface area contributed by atoms with Gasteiger partial charge in [0.1, 0.15) is 11.6 Å². The molecule has 1 aromatic carbocycles. The lowest BCUT2D eigenvalue weighted by molar-refractivity contribution is -0.165. The van der Waals surface area contributed by atoms with Gasteiger partial charge < -0.3 is 10.4 Å². The number of carbonyl (C=O) groups excluding carboxylic acids is 1. The molecule has 3 nitrogen and oxygen atoms in total. The van der Waals surface area contributed by atoms with E-state index in [1.165, 1.54) is 0 Å². The summed E-state index contributed by atoms with van der Waals surface area (Å²) in [6.07, 6.45) is -3.63. The molecule has 1 aromatic rings. The lowest BCUT2D eigenvalue weighted by Crippen LogP contribution is -2.42. The average Bonchev–Trinajstić information content (AvgIpc) is 2.82. The topological polar surface area (TPSA) is 49.3 Å². The fraction of sp³-hybridized carbons (Fsp3) is 0.533. The average molecular weight is 337 g/mol. The zero-order valence-corrected chi connectivity index (χ0v) is 12.1. The van der Waals surface area contributed by atoms with E-state index in [1.54, 1.807) is 5.32 Å². The van der Waals surface area contributed by atoms with Crippen LogP contribution >= 0.6 is 0 Å². The molecule has 1 aliphatic rings. The number of aliphatic hydroxyl groups is 1. The SMILES string of the molecule is O=C(CC1(O)CCCC1)NC(c1c(F)cccc1F)C(F)(F)F. The van der Waals surface area contributed by atoms with Gasteiger partial charge in [0.15, 0.2) is 6.04 Å². The van der Waals surface area contributed by atoms with Gasteiger partial charge in [0, 0.05) is 0 Å². The summed E-state index contributed by atoms with van der Waals surface area (Å²) in [5.41, 5.74) is -2.61. The van der Waals surface area contributed by atoms with Crippen molar-refractivity contribution in [3.63, 3.8) is 0 Å². The van der Waals surface area contributed by atoms with Gasteiger partial charge >= 0.3 is 6.18 Å². The Hall–Kier alpha value is -1.70. The van der Waals surface area contributed by atoms with Gasteiger partial charge in [0.2, 0.25) is 5.91 Å². The highest BCUT2D eigenvalue weighted by Crippen LogP contribution is 2.37. The number of hydrogen-bond acceptors (Lipinski definition) is 2. The Morgan fingerprint density at radius 1 is 1.22 bits per heavy atom. The smallest absolute Gasteiger partial charge is 0.389 e. The molecular formula is C15H16F5NO2. The second kappa shape index (κ2) is 6.43. The number of nitrogens with one attached hydrogen (secondary N) is 1. The first-order chi connectivity index (χ1) is 10.6. The Kier molecular flexibility index (Phi) is 4.93. The van der Waals surface area contributed by atoms with Gasteiger partial charge in [-0.2, -0.15) is 13.2 Å². The molecule has 2 N–H and O–H groups in total. The molecule has 0 radical (unpaired) electrons. The summed E-state index contributed by atoms with van der Waals surface area (Å²) in [7, 11) is 0. The van der Waals surface area contributed by atoms with E-state index in [2.05, 4.69) is 0 Å². The molecule has 1 fully saturated rings. The fourth-order valence-electron chi connectivity index (χ4n) is 2.82. The maximum absolute atomic E-state index is 13.6. The summed E-state index contributed by atoms with van der Waals surface area (Å²) in [6, 6.07) is -0.493. The van der Waals surface area contributed by atoms with Gasteiger partial charge in [-0.3, -0.25) is 4.79 Å². The molecule has 1 atom stereocenters. The van der Waals surface area contributed by atoms with E-state index in [0.29, 0.717) is 37.8 Å². The van der Waals surface area contributed by atoms with E-state index in [0.717, 1.165) is 6.07 Å². The van der Waals surface area contributed by atoms with Crippen LogP contribution in [0.1, 0.15) is 43.7 Å². The van der Waals surface area contributed by atoms with E-state index in [9.17, 15) is 31.9 Å². The Morgan fingerprint density at radius 3 is 2.22 bits per heavy atom. The first-order valence-electron chi connectivity index (χ1n) is 7.15. The van der Waals surface area contributed by atoms with Crippen molar-refractivity contribution in [2.75, 3.05) is 0 Å². The van der Waals surface area contributed by atoms with Crippen LogP contribution in [0.25, 0.3) is 0 Å². The van der Waals surface area contributed by atoms with Crippen LogP contribution < -0.4 is 5.32 Å². The molecule has 0 aromatic heterocycles. The third-order valence-electron chi connectivity index (χ3n) is 3.94. The number of benzene rings is 1. The third kappa shape index (κ3) is 4.19. The molecule has 1 amide bonds. The predicted molar refractivity (Wildman–Crippen MR) is 71.3 cm³/mol. The minimum atomic E-state index is -5.07. The van der Waals surface area contributed by atoms with Crippen LogP contribution in [0.5, 0.6) is 0 Å². The lowest BCUT2D eigenvalue weighted by Gasteiger charge is -2.26. The van der Waals surface area contributed by atoms with Crippen LogP contribution in [0.2, 0.25) is 0 Å². The molecule has 2 rings (SSSR count). The predicted octanol–water partition coefficient (Wildman–Crippen LogP) is 3.38. The normalized spacial score (nSPS) is 18.7. The third-order valence-corrected chi connectivity index (χ3v) is 3.94. The monoisotopic (exact) mass is 337 g/mol. The van der Waals surface area contributed by atoms with Crippen molar-refractivity contribution in [1.29, 1.82) is 0 Å². The van der Waals surface area contributed by atoms with Crippen molar-refractivity contribution in [2.45, 2.75) is 49.9 Å². The Labute approximate surface area is 129 Å². The molecule has 0 heterocycles.